The van der Waals surface area contributed by atoms with Gasteiger partial charge in [0.2, 0.25) is 0 Å². The Kier molecular flexibility index (Phi) is 5.40. The fourth-order valence-corrected chi connectivity index (χ4v) is 5.15. The third-order valence-electron chi connectivity index (χ3n) is 6.64. The highest BCUT2D eigenvalue weighted by Crippen LogP contribution is 2.40. The van der Waals surface area contributed by atoms with Crippen LogP contribution in [-0.4, -0.2) is 18.2 Å². The first-order chi connectivity index (χ1) is 15.5. The molecule has 0 saturated carbocycles. The molecule has 0 radical (unpaired) electrons. The topological polar surface area (TPSA) is 32.3 Å². The van der Waals surface area contributed by atoms with Crippen molar-refractivity contribution in [1.29, 1.82) is 0 Å². The van der Waals surface area contributed by atoms with Crippen molar-refractivity contribution in [1.82, 2.24) is 5.32 Å². The number of nitrogens with one attached hydrogen (secondary N) is 1. The van der Waals surface area contributed by atoms with Crippen molar-refractivity contribution in [3.8, 4) is 16.9 Å². The molecule has 1 fully saturated rings. The molecule has 2 atom stereocenters. The average molecular weight is 430 g/mol. The molecule has 1 aliphatic rings. The van der Waals surface area contributed by atoms with Crippen molar-refractivity contribution in [2.75, 3.05) is 13.1 Å². The second kappa shape index (κ2) is 8.36. The Morgan fingerprint density at radius 1 is 0.875 bits per heavy atom. The van der Waals surface area contributed by atoms with Crippen LogP contribution in [0.5, 0.6) is 5.75 Å². The van der Waals surface area contributed by atoms with Gasteiger partial charge in [-0.05, 0) is 88.7 Å². The highest BCUT2D eigenvalue weighted by atomic mass is 19.1. The number of aryl methyl sites for hydroxylation is 1. The zero-order chi connectivity index (χ0) is 22.2. The first-order valence-corrected chi connectivity index (χ1v) is 11.0. The van der Waals surface area contributed by atoms with Crippen LogP contribution in [0.15, 0.2) is 72.8 Å². The zero-order valence-corrected chi connectivity index (χ0v) is 17.9. The highest BCUT2D eigenvalue weighted by Gasteiger charge is 2.29. The molecule has 1 saturated heterocycles. The van der Waals surface area contributed by atoms with E-state index in [1.165, 1.54) is 17.7 Å². The first-order valence-electron chi connectivity index (χ1n) is 11.0. The molecule has 2 nitrogen and oxygen atoms in total. The molecule has 0 aliphatic carbocycles. The Labute approximate surface area is 186 Å². The van der Waals surface area contributed by atoms with E-state index in [0.717, 1.165) is 58.6 Å². The first kappa shape index (κ1) is 20.7. The number of hydrogen-bond donors (Lipinski definition) is 2. The number of halogens is 2. The van der Waals surface area contributed by atoms with Crippen LogP contribution in [0.2, 0.25) is 0 Å². The lowest BCUT2D eigenvalue weighted by atomic mass is 9.76. The van der Waals surface area contributed by atoms with E-state index in [0.29, 0.717) is 0 Å². The average Bonchev–Trinajstić information content (AvgIpc) is 2.78. The summed E-state index contributed by atoms with van der Waals surface area (Å²) in [6.07, 6.45) is 0.831. The van der Waals surface area contributed by atoms with Gasteiger partial charge in [0.25, 0.3) is 0 Å². The Hall–Kier alpha value is -3.24. The summed E-state index contributed by atoms with van der Waals surface area (Å²) >= 11 is 0. The lowest BCUT2D eigenvalue weighted by Gasteiger charge is -2.34. The molecule has 162 valence electrons. The van der Waals surface area contributed by atoms with Crippen LogP contribution >= 0.6 is 0 Å². The van der Waals surface area contributed by atoms with Gasteiger partial charge in [-0.25, -0.2) is 8.78 Å². The van der Waals surface area contributed by atoms with Gasteiger partial charge < -0.3 is 10.4 Å². The van der Waals surface area contributed by atoms with E-state index in [-0.39, 0.29) is 17.6 Å². The molecule has 5 rings (SSSR count). The molecule has 0 aromatic heterocycles. The molecule has 0 amide bonds. The molecular weight excluding hydrogens is 404 g/mol. The quantitative estimate of drug-likeness (QED) is 0.382. The van der Waals surface area contributed by atoms with Gasteiger partial charge in [-0.1, -0.05) is 42.5 Å². The van der Waals surface area contributed by atoms with Crippen molar-refractivity contribution < 1.29 is 13.9 Å². The highest BCUT2D eigenvalue weighted by molar-refractivity contribution is 5.97. The fourth-order valence-electron chi connectivity index (χ4n) is 5.15. The molecule has 0 bridgehead atoms. The van der Waals surface area contributed by atoms with Crippen LogP contribution in [0, 0.1) is 18.6 Å². The summed E-state index contributed by atoms with van der Waals surface area (Å²) in [4.78, 5) is 0. The monoisotopic (exact) mass is 429 g/mol. The number of benzene rings is 4. The van der Waals surface area contributed by atoms with E-state index in [9.17, 15) is 13.9 Å². The summed E-state index contributed by atoms with van der Waals surface area (Å²) < 4.78 is 27.8. The van der Waals surface area contributed by atoms with Gasteiger partial charge in [0, 0.05) is 18.5 Å². The number of phenols is 1. The number of phenolic OH excluding ortho intramolecular Hbond substituents is 1. The summed E-state index contributed by atoms with van der Waals surface area (Å²) in [5.41, 5.74) is 5.22. The second-order valence-corrected chi connectivity index (χ2v) is 8.69. The van der Waals surface area contributed by atoms with Crippen molar-refractivity contribution in [3.63, 3.8) is 0 Å². The standard InChI is InChI=1S/C28H25F2NO/c1-17-11-19(25-4-2-3-18-5-7-23(32)15-27(18)25)6-8-24(17)28-16-31-10-9-26(28)20-12-21(29)14-22(30)13-20/h2-8,11-15,26,28,31-32H,9-10,16H2,1H3/t26-,28-/m1/s1. The van der Waals surface area contributed by atoms with E-state index >= 15 is 0 Å². The van der Waals surface area contributed by atoms with Crippen molar-refractivity contribution in [2.45, 2.75) is 25.2 Å². The minimum atomic E-state index is -0.524. The van der Waals surface area contributed by atoms with Crippen LogP contribution in [-0.2, 0) is 0 Å². The fraction of sp³-hybridized carbons (Fsp3) is 0.214. The summed E-state index contributed by atoms with van der Waals surface area (Å²) in [5, 5.41) is 15.5. The molecule has 1 heterocycles. The van der Waals surface area contributed by atoms with E-state index < -0.39 is 11.6 Å². The van der Waals surface area contributed by atoms with Gasteiger partial charge in [-0.2, -0.15) is 0 Å². The van der Waals surface area contributed by atoms with E-state index in [4.69, 9.17) is 0 Å². The van der Waals surface area contributed by atoms with Crippen LogP contribution in [0.1, 0.15) is 34.9 Å². The van der Waals surface area contributed by atoms with E-state index in [1.54, 1.807) is 12.1 Å². The SMILES string of the molecule is Cc1cc(-c2cccc3ccc(O)cc23)ccc1[C@H]1CNCC[C@@H]1c1cc(F)cc(F)c1. The van der Waals surface area contributed by atoms with Crippen LogP contribution < -0.4 is 5.32 Å². The Morgan fingerprint density at radius 2 is 1.69 bits per heavy atom. The second-order valence-electron chi connectivity index (χ2n) is 8.69. The smallest absolute Gasteiger partial charge is 0.126 e. The minimum Gasteiger partial charge on any atom is -0.508 e. The Balaban J connectivity index is 1.55. The number of piperidine rings is 1. The van der Waals surface area contributed by atoms with Gasteiger partial charge in [0.05, 0.1) is 0 Å². The van der Waals surface area contributed by atoms with Crippen molar-refractivity contribution in [2.24, 2.45) is 0 Å². The predicted octanol–water partition coefficient (Wildman–Crippen LogP) is 6.66. The van der Waals surface area contributed by atoms with Gasteiger partial charge >= 0.3 is 0 Å². The van der Waals surface area contributed by atoms with Crippen LogP contribution in [0.4, 0.5) is 8.78 Å². The van der Waals surface area contributed by atoms with E-state index in [1.807, 2.05) is 18.2 Å². The molecule has 4 aromatic carbocycles. The lowest BCUT2D eigenvalue weighted by Crippen LogP contribution is -2.34. The third kappa shape index (κ3) is 3.87. The normalized spacial score (nSPS) is 18.7. The minimum absolute atomic E-state index is 0.0560. The molecule has 4 aromatic rings. The summed E-state index contributed by atoms with van der Waals surface area (Å²) in [6, 6.07) is 21.9. The number of hydrogen-bond acceptors (Lipinski definition) is 2. The Bertz CT molecular complexity index is 1280. The maximum atomic E-state index is 13.9. The number of rotatable bonds is 3. The maximum absolute atomic E-state index is 13.9. The van der Waals surface area contributed by atoms with Crippen LogP contribution in [0.25, 0.3) is 21.9 Å². The van der Waals surface area contributed by atoms with Crippen molar-refractivity contribution >= 4 is 10.8 Å². The molecular formula is C28H25F2NO. The number of fused-ring (bicyclic) bond motifs is 1. The van der Waals surface area contributed by atoms with Gasteiger partial charge in [0.1, 0.15) is 17.4 Å². The van der Waals surface area contributed by atoms with E-state index in [2.05, 4.69) is 36.5 Å². The Morgan fingerprint density at radius 3 is 2.47 bits per heavy atom. The molecule has 32 heavy (non-hydrogen) atoms. The predicted molar refractivity (Wildman–Crippen MR) is 125 cm³/mol. The van der Waals surface area contributed by atoms with Gasteiger partial charge in [0.15, 0.2) is 0 Å². The van der Waals surface area contributed by atoms with Crippen molar-refractivity contribution in [3.05, 3.63) is 101 Å². The van der Waals surface area contributed by atoms with Crippen LogP contribution in [0.3, 0.4) is 0 Å². The molecule has 4 heteroatoms. The molecule has 1 aliphatic heterocycles. The maximum Gasteiger partial charge on any atom is 0.126 e. The summed E-state index contributed by atoms with van der Waals surface area (Å²) in [6.45, 7) is 3.69. The number of aromatic hydroxyl groups is 1. The van der Waals surface area contributed by atoms with Gasteiger partial charge in [-0.15, -0.1) is 0 Å². The lowest BCUT2D eigenvalue weighted by molar-refractivity contribution is 0.400. The largest absolute Gasteiger partial charge is 0.508 e. The zero-order valence-electron chi connectivity index (χ0n) is 17.9. The summed E-state index contributed by atoms with van der Waals surface area (Å²) in [5.74, 6) is -0.611. The molecule has 2 N–H and O–H groups in total. The molecule has 0 unspecified atom stereocenters. The molecule has 0 spiro atoms. The summed E-state index contributed by atoms with van der Waals surface area (Å²) in [7, 11) is 0. The third-order valence-corrected chi connectivity index (χ3v) is 6.64. The van der Waals surface area contributed by atoms with Gasteiger partial charge in [-0.3, -0.25) is 0 Å².